The van der Waals surface area contributed by atoms with Gasteiger partial charge in [-0.2, -0.15) is 0 Å². The van der Waals surface area contributed by atoms with E-state index in [1.165, 1.54) is 16.7 Å². The van der Waals surface area contributed by atoms with Crippen molar-refractivity contribution in [1.29, 1.82) is 0 Å². The van der Waals surface area contributed by atoms with Crippen molar-refractivity contribution in [1.82, 2.24) is 0 Å². The van der Waals surface area contributed by atoms with Crippen molar-refractivity contribution in [3.63, 3.8) is 0 Å². The average molecular weight is 322 g/mol. The molecule has 2 unspecified atom stereocenters. The average Bonchev–Trinajstić information content (AvgIpc) is 2.54. The minimum Gasteiger partial charge on any atom is -0.378 e. The largest absolute Gasteiger partial charge is 0.378 e. The van der Waals surface area contributed by atoms with Gasteiger partial charge in [-0.1, -0.05) is 31.2 Å². The van der Waals surface area contributed by atoms with Crippen LogP contribution in [0.3, 0.4) is 0 Å². The first-order valence-electron chi connectivity index (χ1n) is 8.75. The van der Waals surface area contributed by atoms with Crippen LogP contribution in [-0.2, 0) is 11.2 Å². The molecule has 2 atom stereocenters. The summed E-state index contributed by atoms with van der Waals surface area (Å²) in [7, 11) is 0. The minimum atomic E-state index is 0.111. The fourth-order valence-corrected chi connectivity index (χ4v) is 3.62. The maximum atomic E-state index is 12.1. The second-order valence-electron chi connectivity index (χ2n) is 6.78. The van der Waals surface area contributed by atoms with Crippen LogP contribution >= 0.6 is 0 Å². The fourth-order valence-electron chi connectivity index (χ4n) is 3.62. The van der Waals surface area contributed by atoms with E-state index in [1.807, 2.05) is 4.90 Å². The van der Waals surface area contributed by atoms with E-state index in [0.29, 0.717) is 0 Å². The van der Waals surface area contributed by atoms with Crippen molar-refractivity contribution in [2.75, 3.05) is 10.2 Å². The highest BCUT2D eigenvalue weighted by Gasteiger charge is 2.32. The summed E-state index contributed by atoms with van der Waals surface area (Å²) >= 11 is 0. The Morgan fingerprint density at radius 3 is 2.54 bits per heavy atom. The lowest BCUT2D eigenvalue weighted by Gasteiger charge is -2.39. The van der Waals surface area contributed by atoms with E-state index in [0.717, 1.165) is 24.2 Å². The minimum absolute atomic E-state index is 0.111. The van der Waals surface area contributed by atoms with Gasteiger partial charge in [-0.15, -0.1) is 0 Å². The number of nitrogens with one attached hydrogen (secondary N) is 1. The van der Waals surface area contributed by atoms with E-state index in [-0.39, 0.29) is 18.0 Å². The zero-order chi connectivity index (χ0) is 17.3. The molecule has 2 aromatic carbocycles. The summed E-state index contributed by atoms with van der Waals surface area (Å²) in [6.45, 7) is 8.02. The number of carbonyl (C=O) groups excluding carboxylic acids is 1. The lowest BCUT2D eigenvalue weighted by molar-refractivity contribution is -0.117. The second kappa shape index (κ2) is 6.68. The highest BCUT2D eigenvalue weighted by Crippen LogP contribution is 2.39. The van der Waals surface area contributed by atoms with Crippen molar-refractivity contribution >= 4 is 17.3 Å². The van der Waals surface area contributed by atoms with Gasteiger partial charge in [-0.05, 0) is 61.6 Å². The highest BCUT2D eigenvalue weighted by molar-refractivity contribution is 5.94. The van der Waals surface area contributed by atoms with E-state index in [4.69, 9.17) is 0 Å². The molecule has 24 heavy (non-hydrogen) atoms. The molecular weight excluding hydrogens is 296 g/mol. The van der Waals surface area contributed by atoms with Gasteiger partial charge in [0.15, 0.2) is 0 Å². The standard InChI is InChI=1S/C21H26N2O/c1-5-17-7-9-18(10-8-17)22-20-13-15(3)23(16(4)24)21-12-14(2)6-11-19(20)21/h6-12,15,20,22H,5,13H2,1-4H3. The number of carbonyl (C=O) groups is 1. The van der Waals surface area contributed by atoms with Crippen molar-refractivity contribution in [3.8, 4) is 0 Å². The topological polar surface area (TPSA) is 32.3 Å². The summed E-state index contributed by atoms with van der Waals surface area (Å²) in [6, 6.07) is 15.5. The van der Waals surface area contributed by atoms with Gasteiger partial charge >= 0.3 is 0 Å². The number of rotatable bonds is 3. The second-order valence-corrected chi connectivity index (χ2v) is 6.78. The lowest BCUT2D eigenvalue weighted by Crippen LogP contribution is -2.43. The van der Waals surface area contributed by atoms with Crippen molar-refractivity contribution in [2.24, 2.45) is 0 Å². The van der Waals surface area contributed by atoms with E-state index < -0.39 is 0 Å². The predicted octanol–water partition coefficient (Wildman–Crippen LogP) is 4.86. The number of nitrogens with zero attached hydrogens (tertiary/aromatic N) is 1. The fraction of sp³-hybridized carbons (Fsp3) is 0.381. The molecule has 1 amide bonds. The molecule has 2 aromatic rings. The maximum absolute atomic E-state index is 12.1. The van der Waals surface area contributed by atoms with Crippen LogP contribution in [0.4, 0.5) is 11.4 Å². The van der Waals surface area contributed by atoms with Gasteiger partial charge in [0.05, 0.1) is 6.04 Å². The number of aryl methyl sites for hydroxylation is 2. The van der Waals surface area contributed by atoms with Crippen LogP contribution in [0.5, 0.6) is 0 Å². The van der Waals surface area contributed by atoms with Crippen LogP contribution in [0.1, 0.15) is 49.9 Å². The van der Waals surface area contributed by atoms with Crippen LogP contribution in [0, 0.1) is 6.92 Å². The molecule has 0 fully saturated rings. The number of hydrogen-bond acceptors (Lipinski definition) is 2. The van der Waals surface area contributed by atoms with Crippen molar-refractivity contribution < 1.29 is 4.79 Å². The normalized spacial score (nSPS) is 19.8. The van der Waals surface area contributed by atoms with Crippen molar-refractivity contribution in [3.05, 3.63) is 59.2 Å². The molecule has 1 heterocycles. The first-order valence-corrected chi connectivity index (χ1v) is 8.75. The molecule has 1 N–H and O–H groups in total. The quantitative estimate of drug-likeness (QED) is 0.875. The Bertz CT molecular complexity index is 736. The molecule has 0 saturated heterocycles. The van der Waals surface area contributed by atoms with Crippen molar-refractivity contribution in [2.45, 2.75) is 52.6 Å². The number of anilines is 2. The van der Waals surface area contributed by atoms with Gasteiger partial charge in [-0.3, -0.25) is 4.79 Å². The third-order valence-corrected chi connectivity index (χ3v) is 4.88. The number of amides is 1. The molecule has 0 bridgehead atoms. The molecule has 1 aliphatic rings. The first-order chi connectivity index (χ1) is 11.5. The Kier molecular flexibility index (Phi) is 4.61. The molecule has 3 rings (SSSR count). The van der Waals surface area contributed by atoms with Crippen LogP contribution in [0.25, 0.3) is 0 Å². The molecule has 126 valence electrons. The monoisotopic (exact) mass is 322 g/mol. The predicted molar refractivity (Wildman–Crippen MR) is 101 cm³/mol. The Balaban J connectivity index is 1.94. The number of benzene rings is 2. The van der Waals surface area contributed by atoms with Crippen LogP contribution < -0.4 is 10.2 Å². The lowest BCUT2D eigenvalue weighted by atomic mass is 9.90. The van der Waals surface area contributed by atoms with Gasteiger partial charge in [0.1, 0.15) is 0 Å². The number of hydrogen-bond donors (Lipinski definition) is 1. The van der Waals surface area contributed by atoms with Gasteiger partial charge in [-0.25, -0.2) is 0 Å². The Labute approximate surface area is 144 Å². The van der Waals surface area contributed by atoms with E-state index in [2.05, 4.69) is 68.6 Å². The molecule has 3 heteroatoms. The van der Waals surface area contributed by atoms with E-state index in [1.54, 1.807) is 6.92 Å². The smallest absolute Gasteiger partial charge is 0.224 e. The summed E-state index contributed by atoms with van der Waals surface area (Å²) in [5.74, 6) is 0.111. The van der Waals surface area contributed by atoms with Crippen LogP contribution in [0.15, 0.2) is 42.5 Å². The van der Waals surface area contributed by atoms with Gasteiger partial charge in [0.2, 0.25) is 5.91 Å². The molecule has 0 aromatic heterocycles. The highest BCUT2D eigenvalue weighted by atomic mass is 16.2. The molecule has 1 aliphatic heterocycles. The zero-order valence-corrected chi connectivity index (χ0v) is 15.0. The maximum Gasteiger partial charge on any atom is 0.224 e. The zero-order valence-electron chi connectivity index (χ0n) is 15.0. The third-order valence-electron chi connectivity index (χ3n) is 4.88. The SMILES string of the molecule is CCc1ccc(NC2CC(C)N(C(C)=O)c3cc(C)ccc32)cc1. The van der Waals surface area contributed by atoms with Gasteiger partial charge in [0, 0.05) is 24.3 Å². The Morgan fingerprint density at radius 2 is 1.92 bits per heavy atom. The summed E-state index contributed by atoms with van der Waals surface area (Å²) in [5, 5.41) is 3.66. The van der Waals surface area contributed by atoms with E-state index >= 15 is 0 Å². The summed E-state index contributed by atoms with van der Waals surface area (Å²) in [5.41, 5.74) is 5.90. The third kappa shape index (κ3) is 3.16. The molecule has 0 saturated carbocycles. The molecular formula is C21H26N2O. The van der Waals surface area contributed by atoms with Gasteiger partial charge < -0.3 is 10.2 Å². The van der Waals surface area contributed by atoms with E-state index in [9.17, 15) is 4.79 Å². The van der Waals surface area contributed by atoms with Gasteiger partial charge in [0.25, 0.3) is 0 Å². The Morgan fingerprint density at radius 1 is 1.21 bits per heavy atom. The summed E-state index contributed by atoms with van der Waals surface area (Å²) in [6.07, 6.45) is 1.96. The van der Waals surface area contributed by atoms with Crippen LogP contribution in [0.2, 0.25) is 0 Å². The molecule has 3 nitrogen and oxygen atoms in total. The molecule has 0 spiro atoms. The first kappa shape index (κ1) is 16.6. The Hall–Kier alpha value is -2.29. The summed E-state index contributed by atoms with van der Waals surface area (Å²) < 4.78 is 0. The molecule has 0 radical (unpaired) electrons. The molecule has 0 aliphatic carbocycles. The summed E-state index contributed by atoms with van der Waals surface area (Å²) in [4.78, 5) is 14.1. The number of fused-ring (bicyclic) bond motifs is 1. The van der Waals surface area contributed by atoms with Crippen LogP contribution in [-0.4, -0.2) is 11.9 Å².